The summed E-state index contributed by atoms with van der Waals surface area (Å²) in [5.41, 5.74) is 1.93. The van der Waals surface area contributed by atoms with E-state index < -0.39 is 5.97 Å². The van der Waals surface area contributed by atoms with Crippen LogP contribution in [0.25, 0.3) is 0 Å². The number of esters is 1. The zero-order chi connectivity index (χ0) is 16.7. The van der Waals surface area contributed by atoms with Gasteiger partial charge in [-0.1, -0.05) is 31.2 Å². The predicted octanol–water partition coefficient (Wildman–Crippen LogP) is 3.34. The molecule has 0 spiro atoms. The second-order valence-electron chi connectivity index (χ2n) is 4.66. The van der Waals surface area contributed by atoms with E-state index in [2.05, 4.69) is 4.99 Å². The van der Waals surface area contributed by atoms with Crippen LogP contribution in [0.3, 0.4) is 0 Å². The van der Waals surface area contributed by atoms with Gasteiger partial charge in [0.25, 0.3) is 0 Å². The van der Waals surface area contributed by atoms with E-state index in [1.165, 1.54) is 7.11 Å². The van der Waals surface area contributed by atoms with Crippen molar-refractivity contribution in [2.45, 2.75) is 13.3 Å². The SMILES string of the molecule is CCc1ccc(OC(=NC#N)c2ccccc2)c(C(=O)OC)c1. The molecule has 5 heteroatoms. The number of hydrogen-bond donors (Lipinski definition) is 0. The molecule has 5 nitrogen and oxygen atoms in total. The lowest BCUT2D eigenvalue weighted by Gasteiger charge is -2.12. The Morgan fingerprint density at radius 3 is 2.57 bits per heavy atom. The van der Waals surface area contributed by atoms with E-state index in [4.69, 9.17) is 14.7 Å². The Bertz CT molecular complexity index is 762. The summed E-state index contributed by atoms with van der Waals surface area (Å²) in [7, 11) is 1.31. The van der Waals surface area contributed by atoms with Gasteiger partial charge in [-0.05, 0) is 36.2 Å². The van der Waals surface area contributed by atoms with Crippen molar-refractivity contribution in [1.82, 2.24) is 0 Å². The van der Waals surface area contributed by atoms with E-state index in [-0.39, 0.29) is 5.90 Å². The number of rotatable bonds is 4. The van der Waals surface area contributed by atoms with Gasteiger partial charge in [-0.25, -0.2) is 4.79 Å². The van der Waals surface area contributed by atoms with Crippen LogP contribution >= 0.6 is 0 Å². The molecule has 0 atom stereocenters. The Labute approximate surface area is 134 Å². The van der Waals surface area contributed by atoms with Crippen LogP contribution in [0.1, 0.15) is 28.4 Å². The zero-order valence-electron chi connectivity index (χ0n) is 12.9. The number of nitriles is 1. The van der Waals surface area contributed by atoms with Gasteiger partial charge < -0.3 is 9.47 Å². The van der Waals surface area contributed by atoms with Gasteiger partial charge in [-0.3, -0.25) is 0 Å². The minimum absolute atomic E-state index is 0.127. The maximum Gasteiger partial charge on any atom is 0.341 e. The lowest BCUT2D eigenvalue weighted by molar-refractivity contribution is 0.0598. The Morgan fingerprint density at radius 1 is 1.22 bits per heavy atom. The van der Waals surface area contributed by atoms with Crippen LogP contribution < -0.4 is 4.74 Å². The van der Waals surface area contributed by atoms with E-state index >= 15 is 0 Å². The number of methoxy groups -OCH3 is 1. The Hall–Kier alpha value is -3.13. The molecule has 0 heterocycles. The second-order valence-corrected chi connectivity index (χ2v) is 4.66. The fourth-order valence-electron chi connectivity index (χ4n) is 2.03. The molecule has 0 saturated carbocycles. The average Bonchev–Trinajstić information content (AvgIpc) is 2.61. The molecule has 0 aliphatic rings. The van der Waals surface area contributed by atoms with Crippen molar-refractivity contribution in [2.24, 2.45) is 4.99 Å². The number of ether oxygens (including phenoxy) is 2. The van der Waals surface area contributed by atoms with Crippen LogP contribution in [-0.2, 0) is 11.2 Å². The predicted molar refractivity (Wildman–Crippen MR) is 86.4 cm³/mol. The van der Waals surface area contributed by atoms with Gasteiger partial charge in [0.15, 0.2) is 0 Å². The number of carbonyl (C=O) groups excluding carboxylic acids is 1. The molecule has 0 saturated heterocycles. The van der Waals surface area contributed by atoms with E-state index in [0.717, 1.165) is 12.0 Å². The molecule has 0 N–H and O–H groups in total. The zero-order valence-corrected chi connectivity index (χ0v) is 12.9. The first kappa shape index (κ1) is 16.2. The van der Waals surface area contributed by atoms with E-state index in [0.29, 0.717) is 16.9 Å². The number of aliphatic imine (C=N–C) groups is 1. The first-order valence-corrected chi connectivity index (χ1v) is 7.10. The number of carbonyl (C=O) groups is 1. The van der Waals surface area contributed by atoms with Crippen molar-refractivity contribution in [1.29, 1.82) is 5.26 Å². The number of aryl methyl sites for hydroxylation is 1. The van der Waals surface area contributed by atoms with Crippen LogP contribution in [0.15, 0.2) is 53.5 Å². The summed E-state index contributed by atoms with van der Waals surface area (Å²) < 4.78 is 10.5. The van der Waals surface area contributed by atoms with Gasteiger partial charge in [0.2, 0.25) is 12.1 Å². The molecule has 0 radical (unpaired) electrons. The molecule has 0 aliphatic heterocycles. The van der Waals surface area contributed by atoms with Gasteiger partial charge in [0.1, 0.15) is 11.3 Å². The van der Waals surface area contributed by atoms with Crippen LogP contribution in [0, 0.1) is 11.5 Å². The summed E-state index contributed by atoms with van der Waals surface area (Å²) in [5.74, 6) is -0.0749. The quantitative estimate of drug-likeness (QED) is 0.376. The fraction of sp³-hybridized carbons (Fsp3) is 0.167. The Kier molecular flexibility index (Phi) is 5.48. The smallest absolute Gasteiger partial charge is 0.341 e. The van der Waals surface area contributed by atoms with Crippen LogP contribution in [0.4, 0.5) is 0 Å². The maximum absolute atomic E-state index is 12.0. The molecule has 0 fully saturated rings. The molecule has 2 aromatic rings. The van der Waals surface area contributed by atoms with Crippen molar-refractivity contribution in [3.8, 4) is 11.9 Å². The van der Waals surface area contributed by atoms with Gasteiger partial charge in [0, 0.05) is 5.56 Å². The third kappa shape index (κ3) is 3.95. The summed E-state index contributed by atoms with van der Waals surface area (Å²) in [6.45, 7) is 1.99. The highest BCUT2D eigenvalue weighted by Gasteiger charge is 2.16. The molecule has 2 aromatic carbocycles. The highest BCUT2D eigenvalue weighted by molar-refractivity contribution is 5.99. The second kappa shape index (κ2) is 7.76. The topological polar surface area (TPSA) is 71.7 Å². The maximum atomic E-state index is 12.0. The van der Waals surface area contributed by atoms with Gasteiger partial charge >= 0.3 is 5.97 Å². The van der Waals surface area contributed by atoms with Crippen LogP contribution in [0.2, 0.25) is 0 Å². The van der Waals surface area contributed by atoms with Gasteiger partial charge in [0.05, 0.1) is 7.11 Å². The third-order valence-electron chi connectivity index (χ3n) is 3.24. The summed E-state index contributed by atoms with van der Waals surface area (Å²) in [4.78, 5) is 15.7. The highest BCUT2D eigenvalue weighted by Crippen LogP contribution is 2.23. The Morgan fingerprint density at radius 2 is 1.96 bits per heavy atom. The lowest BCUT2D eigenvalue weighted by Crippen LogP contribution is -2.13. The molecule has 0 aromatic heterocycles. The molecule has 116 valence electrons. The van der Waals surface area contributed by atoms with E-state index in [9.17, 15) is 4.79 Å². The number of nitrogens with zero attached hydrogens (tertiary/aromatic N) is 2. The Balaban J connectivity index is 2.43. The van der Waals surface area contributed by atoms with Crippen molar-refractivity contribution in [2.75, 3.05) is 7.11 Å². The normalized spacial score (nSPS) is 10.7. The first-order valence-electron chi connectivity index (χ1n) is 7.10. The fourth-order valence-corrected chi connectivity index (χ4v) is 2.03. The molecule has 0 aliphatic carbocycles. The van der Waals surface area contributed by atoms with Crippen molar-refractivity contribution >= 4 is 11.9 Å². The summed E-state index contributed by atoms with van der Waals surface area (Å²) in [6, 6.07) is 14.3. The molecular weight excluding hydrogens is 292 g/mol. The lowest BCUT2D eigenvalue weighted by atomic mass is 10.1. The van der Waals surface area contributed by atoms with Crippen molar-refractivity contribution < 1.29 is 14.3 Å². The minimum atomic E-state index is -0.500. The number of benzene rings is 2. The molecular formula is C18H16N2O3. The standard InChI is InChI=1S/C18H16N2O3/c1-3-13-9-10-16(15(11-13)18(21)22-2)23-17(20-12-19)14-7-5-4-6-8-14/h4-11H,3H2,1-2H3. The van der Waals surface area contributed by atoms with Crippen molar-refractivity contribution in [3.63, 3.8) is 0 Å². The van der Waals surface area contributed by atoms with Gasteiger partial charge in [-0.2, -0.15) is 5.26 Å². The molecule has 2 rings (SSSR count). The van der Waals surface area contributed by atoms with E-state index in [1.807, 2.05) is 31.2 Å². The minimum Gasteiger partial charge on any atom is -0.465 e. The summed E-state index contributed by atoms with van der Waals surface area (Å²) >= 11 is 0. The molecule has 23 heavy (non-hydrogen) atoms. The molecule has 0 amide bonds. The molecule has 0 bridgehead atoms. The highest BCUT2D eigenvalue weighted by atomic mass is 16.5. The third-order valence-corrected chi connectivity index (χ3v) is 3.24. The first-order chi connectivity index (χ1) is 11.2. The van der Waals surface area contributed by atoms with Gasteiger partial charge in [-0.15, -0.1) is 4.99 Å². The average molecular weight is 308 g/mol. The largest absolute Gasteiger partial charge is 0.465 e. The molecule has 0 unspecified atom stereocenters. The van der Waals surface area contributed by atoms with Crippen LogP contribution in [-0.4, -0.2) is 19.0 Å². The van der Waals surface area contributed by atoms with E-state index in [1.54, 1.807) is 30.5 Å². The number of hydrogen-bond acceptors (Lipinski definition) is 5. The van der Waals surface area contributed by atoms with Crippen molar-refractivity contribution in [3.05, 3.63) is 65.2 Å². The summed E-state index contributed by atoms with van der Waals surface area (Å²) in [6.07, 6.45) is 2.50. The summed E-state index contributed by atoms with van der Waals surface area (Å²) in [5, 5.41) is 8.87. The monoisotopic (exact) mass is 308 g/mol. The van der Waals surface area contributed by atoms with Crippen LogP contribution in [0.5, 0.6) is 5.75 Å².